The fraction of sp³-hybridized carbons (Fsp3) is 0.200. The minimum atomic E-state index is -0.561. The molecule has 0 radical (unpaired) electrons. The van der Waals surface area contributed by atoms with Crippen LogP contribution in [0.2, 0.25) is 0 Å². The summed E-state index contributed by atoms with van der Waals surface area (Å²) in [5.74, 6) is 9.49. The van der Waals surface area contributed by atoms with E-state index in [9.17, 15) is 8.78 Å². The molecule has 22 heavy (non-hydrogen) atoms. The lowest BCUT2D eigenvalue weighted by atomic mass is 10.1. The summed E-state index contributed by atoms with van der Waals surface area (Å²) in [7, 11) is 0. The van der Waals surface area contributed by atoms with Gasteiger partial charge in [0.15, 0.2) is 0 Å². The molecule has 2 heteroatoms. The van der Waals surface area contributed by atoms with Gasteiger partial charge in [-0.05, 0) is 43.2 Å². The number of benzene rings is 2. The summed E-state index contributed by atoms with van der Waals surface area (Å²) in [5.41, 5.74) is 2.11. The van der Waals surface area contributed by atoms with Crippen molar-refractivity contribution in [3.8, 4) is 23.7 Å². The first kappa shape index (κ1) is 15.8. The molecule has 0 saturated heterocycles. The Hall–Kier alpha value is -2.58. The molecule has 0 aliphatic heterocycles. The first-order valence-electron chi connectivity index (χ1n) is 7.16. The summed E-state index contributed by atoms with van der Waals surface area (Å²) in [5, 5.41) is 0. The highest BCUT2D eigenvalue weighted by Gasteiger charge is 2.06. The molecule has 0 aliphatic carbocycles. The third kappa shape index (κ3) is 3.96. The standard InChI is InChI=1S/C20H16F2/c1-3-5-15-7-9-16(10-8-15)11-12-18-14-19(21)17(6-4-2)13-20(18)22/h7-10,13-14H,3,5H2,1-2H3. The minimum absolute atomic E-state index is 0.0387. The molecule has 0 atom stereocenters. The lowest BCUT2D eigenvalue weighted by Crippen LogP contribution is -1.91. The second kappa shape index (κ2) is 7.43. The Balaban J connectivity index is 2.27. The summed E-state index contributed by atoms with van der Waals surface area (Å²) in [6, 6.07) is 9.97. The molecule has 2 aromatic carbocycles. The Labute approximate surface area is 130 Å². The lowest BCUT2D eigenvalue weighted by molar-refractivity contribution is 0.594. The zero-order valence-corrected chi connectivity index (χ0v) is 12.6. The largest absolute Gasteiger partial charge is 0.206 e. The molecule has 0 amide bonds. The van der Waals surface area contributed by atoms with Crippen LogP contribution in [0.4, 0.5) is 8.78 Å². The van der Waals surface area contributed by atoms with E-state index in [4.69, 9.17) is 0 Å². The number of rotatable bonds is 2. The van der Waals surface area contributed by atoms with Gasteiger partial charge in [-0.15, -0.1) is 5.92 Å². The molecule has 0 aromatic heterocycles. The number of hydrogen-bond donors (Lipinski definition) is 0. The molecular formula is C20H16F2. The number of hydrogen-bond acceptors (Lipinski definition) is 0. The second-order valence-electron chi connectivity index (χ2n) is 4.88. The average Bonchev–Trinajstić information content (AvgIpc) is 2.51. The molecule has 0 nitrogen and oxygen atoms in total. The van der Waals surface area contributed by atoms with Gasteiger partial charge in [0.25, 0.3) is 0 Å². The Bertz CT molecular complexity index is 779. The van der Waals surface area contributed by atoms with Crippen LogP contribution in [0.3, 0.4) is 0 Å². The van der Waals surface area contributed by atoms with E-state index in [1.165, 1.54) is 5.56 Å². The van der Waals surface area contributed by atoms with Gasteiger partial charge in [0.05, 0.1) is 11.1 Å². The minimum Gasteiger partial charge on any atom is -0.206 e. The molecule has 0 saturated carbocycles. The van der Waals surface area contributed by atoms with Crippen LogP contribution in [0.5, 0.6) is 0 Å². The van der Waals surface area contributed by atoms with Crippen molar-refractivity contribution >= 4 is 0 Å². The Morgan fingerprint density at radius 3 is 2.00 bits per heavy atom. The maximum absolute atomic E-state index is 13.9. The molecule has 0 N–H and O–H groups in total. The van der Waals surface area contributed by atoms with Crippen LogP contribution in [0.1, 0.15) is 42.5 Å². The van der Waals surface area contributed by atoms with Crippen LogP contribution in [0.15, 0.2) is 36.4 Å². The summed E-state index contributed by atoms with van der Waals surface area (Å²) >= 11 is 0. The highest BCUT2D eigenvalue weighted by Crippen LogP contribution is 2.14. The van der Waals surface area contributed by atoms with E-state index in [0.29, 0.717) is 0 Å². The van der Waals surface area contributed by atoms with Gasteiger partial charge in [-0.3, -0.25) is 0 Å². The van der Waals surface area contributed by atoms with Gasteiger partial charge in [-0.2, -0.15) is 0 Å². The van der Waals surface area contributed by atoms with Crippen molar-refractivity contribution in [3.63, 3.8) is 0 Å². The summed E-state index contributed by atoms with van der Waals surface area (Å²) in [6.07, 6.45) is 2.11. The smallest absolute Gasteiger partial charge is 0.140 e. The third-order valence-electron chi connectivity index (χ3n) is 3.15. The highest BCUT2D eigenvalue weighted by molar-refractivity contribution is 5.47. The third-order valence-corrected chi connectivity index (χ3v) is 3.15. The number of aryl methyl sites for hydroxylation is 1. The van der Waals surface area contributed by atoms with Crippen LogP contribution in [0, 0.1) is 35.3 Å². The predicted octanol–water partition coefficient (Wildman–Crippen LogP) is 4.69. The van der Waals surface area contributed by atoms with E-state index in [-0.39, 0.29) is 11.1 Å². The van der Waals surface area contributed by atoms with E-state index >= 15 is 0 Å². The topological polar surface area (TPSA) is 0 Å². The normalized spacial score (nSPS) is 9.45. The molecule has 0 bridgehead atoms. The molecule has 0 unspecified atom stereocenters. The van der Waals surface area contributed by atoms with E-state index in [0.717, 1.165) is 30.5 Å². The second-order valence-corrected chi connectivity index (χ2v) is 4.88. The van der Waals surface area contributed by atoms with Crippen molar-refractivity contribution < 1.29 is 8.78 Å². The fourth-order valence-electron chi connectivity index (χ4n) is 2.06. The lowest BCUT2D eigenvalue weighted by Gasteiger charge is -1.99. The Morgan fingerprint density at radius 1 is 0.864 bits per heavy atom. The van der Waals surface area contributed by atoms with Crippen molar-refractivity contribution in [1.82, 2.24) is 0 Å². The van der Waals surface area contributed by atoms with Gasteiger partial charge >= 0.3 is 0 Å². The predicted molar refractivity (Wildman–Crippen MR) is 85.3 cm³/mol. The molecular weight excluding hydrogens is 278 g/mol. The Kier molecular flexibility index (Phi) is 5.34. The highest BCUT2D eigenvalue weighted by atomic mass is 19.1. The summed E-state index contributed by atoms with van der Waals surface area (Å²) in [6.45, 7) is 3.70. The molecule has 110 valence electrons. The van der Waals surface area contributed by atoms with Gasteiger partial charge in [0.2, 0.25) is 0 Å². The maximum Gasteiger partial charge on any atom is 0.140 e. The molecule has 0 aliphatic rings. The van der Waals surface area contributed by atoms with Crippen LogP contribution in [-0.4, -0.2) is 0 Å². The molecule has 2 aromatic rings. The van der Waals surface area contributed by atoms with Gasteiger partial charge < -0.3 is 0 Å². The van der Waals surface area contributed by atoms with Gasteiger partial charge in [0.1, 0.15) is 11.6 Å². The maximum atomic E-state index is 13.9. The fourth-order valence-corrected chi connectivity index (χ4v) is 2.06. The molecule has 0 heterocycles. The van der Waals surface area contributed by atoms with Crippen molar-refractivity contribution in [3.05, 3.63) is 70.3 Å². The van der Waals surface area contributed by atoms with E-state index in [1.54, 1.807) is 6.92 Å². The molecule has 0 fully saturated rings. The van der Waals surface area contributed by atoms with Gasteiger partial charge in [-0.1, -0.05) is 43.2 Å². The zero-order chi connectivity index (χ0) is 15.9. The van der Waals surface area contributed by atoms with Gasteiger partial charge in [0, 0.05) is 5.56 Å². The first-order chi connectivity index (χ1) is 10.6. The Morgan fingerprint density at radius 2 is 1.45 bits per heavy atom. The van der Waals surface area contributed by atoms with Crippen molar-refractivity contribution in [2.75, 3.05) is 0 Å². The van der Waals surface area contributed by atoms with Crippen molar-refractivity contribution in [1.29, 1.82) is 0 Å². The monoisotopic (exact) mass is 294 g/mol. The van der Waals surface area contributed by atoms with Crippen molar-refractivity contribution in [2.24, 2.45) is 0 Å². The summed E-state index contributed by atoms with van der Waals surface area (Å²) < 4.78 is 27.6. The van der Waals surface area contributed by atoms with Crippen LogP contribution >= 0.6 is 0 Å². The average molecular weight is 294 g/mol. The molecule has 0 spiro atoms. The van der Waals surface area contributed by atoms with Gasteiger partial charge in [-0.25, -0.2) is 8.78 Å². The molecule has 2 rings (SSSR count). The zero-order valence-electron chi connectivity index (χ0n) is 12.6. The van der Waals surface area contributed by atoms with Crippen molar-refractivity contribution in [2.45, 2.75) is 26.7 Å². The quantitative estimate of drug-likeness (QED) is 0.705. The van der Waals surface area contributed by atoms with E-state index < -0.39 is 11.6 Å². The van der Waals surface area contributed by atoms with Crippen LogP contribution < -0.4 is 0 Å². The van der Waals surface area contributed by atoms with E-state index in [2.05, 4.69) is 30.6 Å². The van der Waals surface area contributed by atoms with Crippen LogP contribution in [0.25, 0.3) is 0 Å². The van der Waals surface area contributed by atoms with Crippen LogP contribution in [-0.2, 0) is 6.42 Å². The van der Waals surface area contributed by atoms with E-state index in [1.807, 2.05) is 24.3 Å². The SMILES string of the molecule is CC#Cc1cc(F)c(C#Cc2ccc(CCC)cc2)cc1F. The summed E-state index contributed by atoms with van der Waals surface area (Å²) in [4.78, 5) is 0. The first-order valence-corrected chi connectivity index (χ1v) is 7.16. The number of halogens is 2.